The zero-order valence-electron chi connectivity index (χ0n) is 12.0. The molecule has 0 aromatic heterocycles. The second-order valence-electron chi connectivity index (χ2n) is 4.83. The summed E-state index contributed by atoms with van der Waals surface area (Å²) >= 11 is 2.29. The van der Waals surface area contributed by atoms with Crippen LogP contribution in [0.15, 0.2) is 36.4 Å². The minimum Gasteiger partial charge on any atom is -0.494 e. The highest BCUT2D eigenvalue weighted by Crippen LogP contribution is 2.28. The topological polar surface area (TPSA) is 47.3 Å². The third-order valence-electron chi connectivity index (χ3n) is 3.49. The molecule has 0 saturated heterocycles. The highest BCUT2D eigenvalue weighted by Gasteiger charge is 2.18. The van der Waals surface area contributed by atoms with Gasteiger partial charge in [0.25, 0.3) is 0 Å². The minimum absolute atomic E-state index is 0.154. The minimum atomic E-state index is -0.331. The van der Waals surface area contributed by atoms with E-state index in [1.165, 1.54) is 12.7 Å². The Morgan fingerprint density at radius 1 is 1.29 bits per heavy atom. The molecule has 0 fully saturated rings. The van der Waals surface area contributed by atoms with Crippen LogP contribution in [0.1, 0.15) is 22.7 Å². The summed E-state index contributed by atoms with van der Waals surface area (Å²) in [4.78, 5) is 0. The summed E-state index contributed by atoms with van der Waals surface area (Å²) in [6, 6.07) is 11.0. The summed E-state index contributed by atoms with van der Waals surface area (Å²) < 4.78 is 20.4. The summed E-state index contributed by atoms with van der Waals surface area (Å²) in [5.74, 6) is 5.61. The summed E-state index contributed by atoms with van der Waals surface area (Å²) in [6.07, 6.45) is 0.457. The number of rotatable bonds is 5. The average Bonchev–Trinajstić information content (AvgIpc) is 2.49. The van der Waals surface area contributed by atoms with Gasteiger partial charge in [-0.1, -0.05) is 30.3 Å². The maximum atomic E-state index is 14.3. The van der Waals surface area contributed by atoms with E-state index in [2.05, 4.69) is 28.0 Å². The monoisotopic (exact) mass is 400 g/mol. The van der Waals surface area contributed by atoms with E-state index < -0.39 is 0 Å². The van der Waals surface area contributed by atoms with Crippen molar-refractivity contribution < 1.29 is 9.13 Å². The van der Waals surface area contributed by atoms with E-state index in [0.717, 1.165) is 9.13 Å². The van der Waals surface area contributed by atoms with E-state index >= 15 is 0 Å². The van der Waals surface area contributed by atoms with Crippen molar-refractivity contribution >= 4 is 22.6 Å². The van der Waals surface area contributed by atoms with Crippen LogP contribution < -0.4 is 16.0 Å². The molecule has 0 radical (unpaired) electrons. The van der Waals surface area contributed by atoms with Crippen LogP contribution in [-0.2, 0) is 6.42 Å². The molecule has 1 atom stereocenters. The number of aryl methyl sites for hydroxylation is 1. The van der Waals surface area contributed by atoms with E-state index in [9.17, 15) is 4.39 Å². The molecule has 2 rings (SSSR count). The lowest BCUT2D eigenvalue weighted by Gasteiger charge is -2.19. The zero-order chi connectivity index (χ0) is 15.4. The van der Waals surface area contributed by atoms with Crippen molar-refractivity contribution in [2.75, 3.05) is 7.11 Å². The van der Waals surface area contributed by atoms with E-state index in [1.807, 2.05) is 25.1 Å². The molecule has 5 heteroatoms. The largest absolute Gasteiger partial charge is 0.494 e. The number of hydrogen-bond donors (Lipinski definition) is 2. The number of halogens is 2. The summed E-state index contributed by atoms with van der Waals surface area (Å²) in [6.45, 7) is 2.05. The van der Waals surface area contributed by atoms with Gasteiger partial charge in [-0.25, -0.2) is 4.39 Å². The highest BCUT2D eigenvalue weighted by atomic mass is 127. The smallest absolute Gasteiger partial charge is 0.168 e. The quantitative estimate of drug-likeness (QED) is 0.459. The number of hydrogen-bond acceptors (Lipinski definition) is 3. The number of nitrogens with one attached hydrogen (secondary N) is 1. The molecule has 3 N–H and O–H groups in total. The van der Waals surface area contributed by atoms with Crippen molar-refractivity contribution in [2.45, 2.75) is 19.4 Å². The lowest BCUT2D eigenvalue weighted by atomic mass is 9.97. The van der Waals surface area contributed by atoms with Crippen LogP contribution in [0.3, 0.4) is 0 Å². The average molecular weight is 400 g/mol. The summed E-state index contributed by atoms with van der Waals surface area (Å²) in [5, 5.41) is 0. The van der Waals surface area contributed by atoms with Gasteiger partial charge in [-0.3, -0.25) is 11.3 Å². The first kappa shape index (κ1) is 16.2. The van der Waals surface area contributed by atoms with E-state index in [1.54, 1.807) is 18.2 Å². The maximum absolute atomic E-state index is 14.3. The molecule has 0 bridgehead atoms. The standard InChI is InChI=1S/C16H18FIN2O/c1-10-5-3-7-12(16(10)18)13(20-19)9-11-6-4-8-14(21-2)15(11)17/h3-8,13,20H,9,19H2,1-2H3. The van der Waals surface area contributed by atoms with E-state index in [0.29, 0.717) is 12.0 Å². The predicted molar refractivity (Wildman–Crippen MR) is 90.6 cm³/mol. The van der Waals surface area contributed by atoms with Gasteiger partial charge < -0.3 is 4.74 Å². The second kappa shape index (κ2) is 7.20. The number of methoxy groups -OCH3 is 1. The molecule has 0 spiro atoms. The molecule has 0 saturated carbocycles. The SMILES string of the molecule is COc1cccc(CC(NN)c2cccc(C)c2I)c1F. The Balaban J connectivity index is 2.34. The lowest BCUT2D eigenvalue weighted by Crippen LogP contribution is -2.30. The molecular weight excluding hydrogens is 382 g/mol. The van der Waals surface area contributed by atoms with Gasteiger partial charge in [-0.05, 0) is 58.7 Å². The molecule has 1 unspecified atom stereocenters. The van der Waals surface area contributed by atoms with Crippen LogP contribution in [0, 0.1) is 16.3 Å². The van der Waals surface area contributed by atoms with Crippen LogP contribution >= 0.6 is 22.6 Å². The molecule has 21 heavy (non-hydrogen) atoms. The van der Waals surface area contributed by atoms with Crippen LogP contribution in [0.25, 0.3) is 0 Å². The Morgan fingerprint density at radius 3 is 2.67 bits per heavy atom. The lowest BCUT2D eigenvalue weighted by molar-refractivity contribution is 0.382. The van der Waals surface area contributed by atoms with Gasteiger partial charge in [0.2, 0.25) is 0 Å². The molecule has 0 aliphatic heterocycles. The fourth-order valence-corrected chi connectivity index (χ4v) is 3.02. The van der Waals surface area contributed by atoms with Crippen molar-refractivity contribution in [3.8, 4) is 5.75 Å². The van der Waals surface area contributed by atoms with Gasteiger partial charge in [0.05, 0.1) is 13.2 Å². The maximum Gasteiger partial charge on any atom is 0.168 e. The van der Waals surface area contributed by atoms with Crippen molar-refractivity contribution in [3.05, 3.63) is 62.5 Å². The third kappa shape index (κ3) is 3.53. The van der Waals surface area contributed by atoms with Gasteiger partial charge in [-0.15, -0.1) is 0 Å². The Kier molecular flexibility index (Phi) is 5.55. The van der Waals surface area contributed by atoms with Gasteiger partial charge in [0.15, 0.2) is 11.6 Å². The first-order chi connectivity index (χ1) is 10.1. The fourth-order valence-electron chi connectivity index (χ4n) is 2.29. The van der Waals surface area contributed by atoms with Gasteiger partial charge in [-0.2, -0.15) is 0 Å². The molecule has 0 aliphatic carbocycles. The van der Waals surface area contributed by atoms with Crippen molar-refractivity contribution in [3.63, 3.8) is 0 Å². The van der Waals surface area contributed by atoms with Gasteiger partial charge >= 0.3 is 0 Å². The molecular formula is C16H18FIN2O. The van der Waals surface area contributed by atoms with Crippen LogP contribution in [0.2, 0.25) is 0 Å². The Hall–Kier alpha value is -1.18. The predicted octanol–water partition coefficient (Wildman–Crippen LogP) is 3.49. The normalized spacial score (nSPS) is 12.2. The molecule has 2 aromatic carbocycles. The second-order valence-corrected chi connectivity index (χ2v) is 5.91. The number of nitrogens with two attached hydrogens (primary N) is 1. The van der Waals surface area contributed by atoms with Crippen LogP contribution in [-0.4, -0.2) is 7.11 Å². The van der Waals surface area contributed by atoms with E-state index in [-0.39, 0.29) is 17.6 Å². The Bertz CT molecular complexity index is 634. The molecule has 2 aromatic rings. The van der Waals surface area contributed by atoms with Crippen molar-refractivity contribution in [1.82, 2.24) is 5.43 Å². The van der Waals surface area contributed by atoms with Crippen molar-refractivity contribution in [2.24, 2.45) is 5.84 Å². The van der Waals surface area contributed by atoms with Crippen molar-refractivity contribution in [1.29, 1.82) is 0 Å². The Morgan fingerprint density at radius 2 is 2.00 bits per heavy atom. The fraction of sp³-hybridized carbons (Fsp3) is 0.250. The number of ether oxygens (including phenoxy) is 1. The molecule has 0 heterocycles. The summed E-state index contributed by atoms with van der Waals surface area (Å²) in [5.41, 5.74) is 5.62. The van der Waals surface area contributed by atoms with Gasteiger partial charge in [0.1, 0.15) is 0 Å². The van der Waals surface area contributed by atoms with Gasteiger partial charge in [0, 0.05) is 3.57 Å². The van der Waals surface area contributed by atoms with Crippen LogP contribution in [0.5, 0.6) is 5.75 Å². The van der Waals surface area contributed by atoms with E-state index in [4.69, 9.17) is 10.6 Å². The number of hydrazine groups is 1. The number of benzene rings is 2. The molecule has 3 nitrogen and oxygen atoms in total. The first-order valence-electron chi connectivity index (χ1n) is 6.61. The Labute approximate surface area is 137 Å². The zero-order valence-corrected chi connectivity index (χ0v) is 14.1. The molecule has 112 valence electrons. The summed E-state index contributed by atoms with van der Waals surface area (Å²) in [7, 11) is 1.46. The highest BCUT2D eigenvalue weighted by molar-refractivity contribution is 14.1. The molecule has 0 aliphatic rings. The first-order valence-corrected chi connectivity index (χ1v) is 7.68. The third-order valence-corrected chi connectivity index (χ3v) is 4.96. The molecule has 0 amide bonds. The van der Waals surface area contributed by atoms with Crippen LogP contribution in [0.4, 0.5) is 4.39 Å².